The highest BCUT2D eigenvalue weighted by Crippen LogP contribution is 2.26. The van der Waals surface area contributed by atoms with Crippen molar-refractivity contribution in [1.29, 1.82) is 0 Å². The molecule has 0 spiro atoms. The minimum absolute atomic E-state index is 0.160. The summed E-state index contributed by atoms with van der Waals surface area (Å²) in [6, 6.07) is 10.1. The molecule has 1 aromatic carbocycles. The van der Waals surface area contributed by atoms with Crippen molar-refractivity contribution < 1.29 is 9.53 Å². The number of rotatable bonds is 6. The van der Waals surface area contributed by atoms with Gasteiger partial charge in [0.2, 0.25) is 0 Å². The smallest absolute Gasteiger partial charge is 0.323 e. The predicted molar refractivity (Wildman–Crippen MR) is 100 cm³/mol. The number of nitrogens with one attached hydrogen (secondary N) is 1. The summed E-state index contributed by atoms with van der Waals surface area (Å²) in [7, 11) is -1.56. The Morgan fingerprint density at radius 1 is 1.09 bits per heavy atom. The van der Waals surface area contributed by atoms with Crippen molar-refractivity contribution in [2.45, 2.75) is 71.6 Å². The second kappa shape index (κ2) is 7.62. The molecule has 4 heteroatoms. The van der Waals surface area contributed by atoms with Gasteiger partial charge in [0.05, 0.1) is 8.07 Å². The number of ether oxygens (including phenoxy) is 1. The van der Waals surface area contributed by atoms with Crippen LogP contribution in [-0.4, -0.2) is 25.7 Å². The van der Waals surface area contributed by atoms with E-state index in [0.29, 0.717) is 0 Å². The first-order chi connectivity index (χ1) is 10.4. The average Bonchev–Trinajstić information content (AvgIpc) is 2.36. The van der Waals surface area contributed by atoms with Crippen LogP contribution in [0.5, 0.6) is 0 Å². The number of carbonyl (C=O) groups is 1. The molecular weight excluding hydrogens is 302 g/mol. The van der Waals surface area contributed by atoms with Crippen LogP contribution >= 0.6 is 0 Å². The minimum Gasteiger partial charge on any atom is -0.459 e. The van der Waals surface area contributed by atoms with E-state index in [2.05, 4.69) is 63.1 Å². The predicted octanol–water partition coefficient (Wildman–Crippen LogP) is 4.56. The summed E-state index contributed by atoms with van der Waals surface area (Å²) >= 11 is 0. The Hall–Kier alpha value is -1.13. The van der Waals surface area contributed by atoms with Crippen LogP contribution in [0.25, 0.3) is 0 Å². The van der Waals surface area contributed by atoms with Crippen LogP contribution in [0.1, 0.15) is 45.8 Å². The zero-order valence-corrected chi connectivity index (χ0v) is 16.9. The lowest BCUT2D eigenvalue weighted by Gasteiger charge is -2.35. The molecule has 1 rings (SSSR count). The summed E-state index contributed by atoms with van der Waals surface area (Å²) in [6.45, 7) is 16.8. The van der Waals surface area contributed by atoms with E-state index in [9.17, 15) is 4.79 Å². The second-order valence-corrected chi connectivity index (χ2v) is 13.9. The lowest BCUT2D eigenvalue weighted by atomic mass is 10.0. The van der Waals surface area contributed by atoms with Gasteiger partial charge < -0.3 is 4.74 Å². The van der Waals surface area contributed by atoms with Crippen molar-refractivity contribution in [2.75, 3.05) is 0 Å². The second-order valence-electron chi connectivity index (χ2n) is 8.63. The highest BCUT2D eigenvalue weighted by Gasteiger charge is 2.35. The summed E-state index contributed by atoms with van der Waals surface area (Å²) < 4.78 is 5.62. The first-order valence-electron chi connectivity index (χ1n) is 8.45. The van der Waals surface area contributed by atoms with E-state index >= 15 is 0 Å². The van der Waals surface area contributed by atoms with E-state index in [0.717, 1.165) is 0 Å². The highest BCUT2D eigenvalue weighted by atomic mass is 28.3. The molecule has 0 aliphatic heterocycles. The van der Waals surface area contributed by atoms with Gasteiger partial charge in [-0.25, -0.2) is 0 Å². The van der Waals surface area contributed by atoms with Gasteiger partial charge in [-0.3, -0.25) is 10.1 Å². The summed E-state index contributed by atoms with van der Waals surface area (Å²) in [6.07, 6.45) is 0. The molecular formula is C19H33NO2Si. The topological polar surface area (TPSA) is 38.3 Å². The maximum atomic E-state index is 12.6. The molecule has 1 aromatic rings. The number of hydrogen-bond acceptors (Lipinski definition) is 3. The van der Waals surface area contributed by atoms with Crippen molar-refractivity contribution in [1.82, 2.24) is 5.32 Å². The first kappa shape index (κ1) is 19.9. The van der Waals surface area contributed by atoms with Gasteiger partial charge in [-0.15, -0.1) is 0 Å². The van der Waals surface area contributed by atoms with Crippen LogP contribution < -0.4 is 5.32 Å². The minimum atomic E-state index is -1.56. The first-order valence-corrected chi connectivity index (χ1v) is 12.0. The third kappa shape index (κ3) is 6.48. The zero-order chi connectivity index (χ0) is 17.8. The number of benzene rings is 1. The van der Waals surface area contributed by atoms with Gasteiger partial charge in [0.25, 0.3) is 0 Å². The fourth-order valence-electron chi connectivity index (χ4n) is 2.57. The van der Waals surface area contributed by atoms with Crippen molar-refractivity contribution in [3.05, 3.63) is 35.9 Å². The van der Waals surface area contributed by atoms with E-state index in [-0.39, 0.29) is 23.6 Å². The van der Waals surface area contributed by atoms with Crippen molar-refractivity contribution in [3.8, 4) is 0 Å². The summed E-state index contributed by atoms with van der Waals surface area (Å²) in [4.78, 5) is 12.6. The van der Waals surface area contributed by atoms with Gasteiger partial charge >= 0.3 is 5.97 Å². The average molecular weight is 336 g/mol. The lowest BCUT2D eigenvalue weighted by Crippen LogP contribution is -2.52. The van der Waals surface area contributed by atoms with Gasteiger partial charge in [-0.2, -0.15) is 0 Å². The van der Waals surface area contributed by atoms with Crippen LogP contribution in [0.2, 0.25) is 19.6 Å². The van der Waals surface area contributed by atoms with E-state index < -0.39 is 13.7 Å². The van der Waals surface area contributed by atoms with Gasteiger partial charge in [0.15, 0.2) is 0 Å². The summed E-state index contributed by atoms with van der Waals surface area (Å²) in [5.74, 6) is 0.0130. The van der Waals surface area contributed by atoms with E-state index in [1.54, 1.807) is 0 Å². The standard InChI is InChI=1S/C19H33NO2Si/c1-14(2)16(18(21)22-19(3,4)5)20-17(23(6,7)8)15-12-10-9-11-13-15/h9-14,16-17,20H,1-8H3/t16-,17?/m0/s1. The molecule has 0 fully saturated rings. The Morgan fingerprint density at radius 2 is 1.61 bits per heavy atom. The van der Waals surface area contributed by atoms with Crippen LogP contribution in [0.3, 0.4) is 0 Å². The van der Waals surface area contributed by atoms with Crippen molar-refractivity contribution in [2.24, 2.45) is 5.92 Å². The fraction of sp³-hybridized carbons (Fsp3) is 0.632. The summed E-state index contributed by atoms with van der Waals surface area (Å²) in [5.41, 5.74) is 0.998. The monoisotopic (exact) mass is 335 g/mol. The Kier molecular flexibility index (Phi) is 6.60. The van der Waals surface area contributed by atoms with E-state index in [1.165, 1.54) is 5.56 Å². The summed E-state index contributed by atoms with van der Waals surface area (Å²) in [5, 5.41) is 3.62. The van der Waals surface area contributed by atoms with Gasteiger partial charge in [-0.05, 0) is 32.3 Å². The molecule has 0 aliphatic rings. The molecule has 0 saturated heterocycles. The number of esters is 1. The SMILES string of the molecule is CC(C)[C@H](NC(c1ccccc1)[Si](C)(C)C)C(=O)OC(C)(C)C. The van der Waals surface area contributed by atoms with Crippen LogP contribution in [0.4, 0.5) is 0 Å². The molecule has 3 nitrogen and oxygen atoms in total. The molecule has 1 unspecified atom stereocenters. The van der Waals surface area contributed by atoms with E-state index in [1.807, 2.05) is 26.8 Å². The quantitative estimate of drug-likeness (QED) is 0.612. The molecule has 0 radical (unpaired) electrons. The molecule has 1 N–H and O–H groups in total. The molecule has 0 aromatic heterocycles. The Balaban J connectivity index is 3.05. The van der Waals surface area contributed by atoms with Crippen molar-refractivity contribution in [3.63, 3.8) is 0 Å². The highest BCUT2D eigenvalue weighted by molar-refractivity contribution is 6.77. The van der Waals surface area contributed by atoms with Gasteiger partial charge in [-0.1, -0.05) is 63.8 Å². The number of hydrogen-bond donors (Lipinski definition) is 1. The molecule has 0 aliphatic carbocycles. The van der Waals surface area contributed by atoms with Crippen LogP contribution in [0, 0.1) is 5.92 Å². The van der Waals surface area contributed by atoms with Crippen molar-refractivity contribution >= 4 is 14.0 Å². The molecule has 2 atom stereocenters. The van der Waals surface area contributed by atoms with E-state index in [4.69, 9.17) is 4.74 Å². The molecule has 130 valence electrons. The Morgan fingerprint density at radius 3 is 2.00 bits per heavy atom. The molecule has 0 amide bonds. The fourth-order valence-corrected chi connectivity index (χ4v) is 4.44. The normalized spacial score (nSPS) is 15.3. The van der Waals surface area contributed by atoms with Gasteiger partial charge in [0, 0.05) is 5.67 Å². The largest absolute Gasteiger partial charge is 0.459 e. The maximum Gasteiger partial charge on any atom is 0.323 e. The van der Waals surface area contributed by atoms with Crippen LogP contribution in [0.15, 0.2) is 30.3 Å². The van der Waals surface area contributed by atoms with Crippen LogP contribution in [-0.2, 0) is 9.53 Å². The molecule has 0 saturated carbocycles. The Labute approximate surface area is 142 Å². The Bertz CT molecular complexity index is 500. The third-order valence-electron chi connectivity index (χ3n) is 3.67. The number of carbonyl (C=O) groups excluding carboxylic acids is 1. The maximum absolute atomic E-state index is 12.6. The lowest BCUT2D eigenvalue weighted by molar-refractivity contribution is -0.158. The zero-order valence-electron chi connectivity index (χ0n) is 15.9. The molecule has 23 heavy (non-hydrogen) atoms. The van der Waals surface area contributed by atoms with Gasteiger partial charge in [0.1, 0.15) is 11.6 Å². The molecule has 0 heterocycles. The third-order valence-corrected chi connectivity index (χ3v) is 5.90. The molecule has 0 bridgehead atoms.